The number of guanidine groups is 1. The number of hydrogen-bond donors (Lipinski definition) is 2. The number of nitrogens with one attached hydrogen (secondary N) is 2. The minimum atomic E-state index is -4.40. The van der Waals surface area contributed by atoms with Crippen molar-refractivity contribution in [1.29, 1.82) is 0 Å². The van der Waals surface area contributed by atoms with Crippen LogP contribution in [-0.2, 0) is 17.5 Å². The van der Waals surface area contributed by atoms with Crippen molar-refractivity contribution >= 4 is 41.3 Å². The van der Waals surface area contributed by atoms with Gasteiger partial charge in [-0.25, -0.2) is 4.98 Å². The molecule has 0 aromatic carbocycles. The van der Waals surface area contributed by atoms with E-state index >= 15 is 0 Å². The first-order valence-corrected chi connectivity index (χ1v) is 8.02. The molecule has 0 spiro atoms. The van der Waals surface area contributed by atoms with Gasteiger partial charge in [-0.3, -0.25) is 4.99 Å². The average Bonchev–Trinajstić information content (AvgIpc) is 2.96. The van der Waals surface area contributed by atoms with E-state index in [1.165, 1.54) is 0 Å². The van der Waals surface area contributed by atoms with Crippen LogP contribution in [0.3, 0.4) is 0 Å². The maximum Gasteiger partial charge on any atom is 0.434 e. The fraction of sp³-hybridized carbons (Fsp3) is 0.692. The van der Waals surface area contributed by atoms with Crippen LogP contribution in [0.4, 0.5) is 13.2 Å². The molecule has 1 aliphatic heterocycles. The molecule has 1 aliphatic rings. The van der Waals surface area contributed by atoms with E-state index in [1.54, 1.807) is 7.05 Å². The molecule has 1 aromatic rings. The summed E-state index contributed by atoms with van der Waals surface area (Å²) >= 11 is 0.968. The zero-order valence-electron chi connectivity index (χ0n) is 13.4. The van der Waals surface area contributed by atoms with Crippen molar-refractivity contribution in [2.24, 2.45) is 4.99 Å². The Morgan fingerprint density at radius 1 is 1.50 bits per heavy atom. The van der Waals surface area contributed by atoms with Crippen LogP contribution in [0.1, 0.15) is 10.7 Å². The van der Waals surface area contributed by atoms with E-state index < -0.39 is 11.9 Å². The fourth-order valence-corrected chi connectivity index (χ4v) is 2.84. The van der Waals surface area contributed by atoms with Crippen LogP contribution in [0, 0.1) is 0 Å². The standard InChI is InChI=1S/C13H20F3N5OS.HI/c1-17-12(18-5-9-7-21(2)3-4-22-9)19-6-11-20-10(8-23-11)13(14,15)16;/h8-9H,3-7H2,1-2H3,(H2,17,18,19);1H. The van der Waals surface area contributed by atoms with Gasteiger partial charge in [0.2, 0.25) is 0 Å². The molecule has 0 radical (unpaired) electrons. The van der Waals surface area contributed by atoms with Crippen molar-refractivity contribution in [3.8, 4) is 0 Å². The molecule has 1 unspecified atom stereocenters. The van der Waals surface area contributed by atoms with Crippen molar-refractivity contribution < 1.29 is 17.9 Å². The first-order chi connectivity index (χ1) is 10.9. The Balaban J connectivity index is 0.00000288. The van der Waals surface area contributed by atoms with Gasteiger partial charge in [-0.2, -0.15) is 13.2 Å². The normalized spacial score (nSPS) is 19.7. The molecule has 138 valence electrons. The Morgan fingerprint density at radius 3 is 2.83 bits per heavy atom. The minimum absolute atomic E-state index is 0. The molecule has 1 atom stereocenters. The highest BCUT2D eigenvalue weighted by Gasteiger charge is 2.33. The number of halogens is 4. The second kappa shape index (κ2) is 9.73. The summed E-state index contributed by atoms with van der Waals surface area (Å²) in [5, 5.41) is 7.43. The largest absolute Gasteiger partial charge is 0.434 e. The van der Waals surface area contributed by atoms with Crippen LogP contribution in [0.5, 0.6) is 0 Å². The summed E-state index contributed by atoms with van der Waals surface area (Å²) in [6, 6.07) is 0. The third kappa shape index (κ3) is 6.69. The van der Waals surface area contributed by atoms with Crippen molar-refractivity contribution in [2.45, 2.75) is 18.8 Å². The Morgan fingerprint density at radius 2 is 2.25 bits per heavy atom. The topological polar surface area (TPSA) is 61.8 Å². The highest BCUT2D eigenvalue weighted by Crippen LogP contribution is 2.29. The molecule has 11 heteroatoms. The molecule has 6 nitrogen and oxygen atoms in total. The van der Waals surface area contributed by atoms with Crippen molar-refractivity contribution in [3.63, 3.8) is 0 Å². The lowest BCUT2D eigenvalue weighted by Crippen LogP contribution is -2.48. The van der Waals surface area contributed by atoms with Gasteiger partial charge >= 0.3 is 6.18 Å². The smallest absolute Gasteiger partial charge is 0.374 e. The first-order valence-electron chi connectivity index (χ1n) is 7.14. The SMILES string of the molecule is CN=C(NCc1nc(C(F)(F)F)cs1)NCC1CN(C)CCO1.I. The van der Waals surface area contributed by atoms with Crippen LogP contribution in [0.2, 0.25) is 0 Å². The summed E-state index contributed by atoms with van der Waals surface area (Å²) in [5.41, 5.74) is -0.860. The van der Waals surface area contributed by atoms with Gasteiger partial charge in [-0.05, 0) is 7.05 Å². The third-order valence-electron chi connectivity index (χ3n) is 3.31. The van der Waals surface area contributed by atoms with Crippen LogP contribution in [-0.4, -0.2) is 62.3 Å². The van der Waals surface area contributed by atoms with E-state index in [2.05, 4.69) is 25.5 Å². The van der Waals surface area contributed by atoms with Gasteiger partial charge in [0, 0.05) is 32.1 Å². The van der Waals surface area contributed by atoms with E-state index in [0.29, 0.717) is 24.1 Å². The molecule has 1 aromatic heterocycles. The van der Waals surface area contributed by atoms with Gasteiger partial charge < -0.3 is 20.3 Å². The number of ether oxygens (including phenoxy) is 1. The number of nitrogens with zero attached hydrogens (tertiary/aromatic N) is 3. The monoisotopic (exact) mass is 479 g/mol. The summed E-state index contributed by atoms with van der Waals surface area (Å²) < 4.78 is 43.1. The quantitative estimate of drug-likeness (QED) is 0.392. The lowest BCUT2D eigenvalue weighted by molar-refractivity contribution is -0.140. The number of aliphatic imine (C=N–C) groups is 1. The number of likely N-dealkylation sites (N-methyl/N-ethyl adjacent to an activating group) is 1. The van der Waals surface area contributed by atoms with Gasteiger partial charge in [0.05, 0.1) is 19.3 Å². The summed E-state index contributed by atoms with van der Waals surface area (Å²) in [6.45, 7) is 3.19. The zero-order chi connectivity index (χ0) is 16.9. The van der Waals surface area contributed by atoms with E-state index in [0.717, 1.165) is 29.8 Å². The number of alkyl halides is 3. The minimum Gasteiger partial charge on any atom is -0.374 e. The molecular weight excluding hydrogens is 458 g/mol. The predicted octanol–water partition coefficient (Wildman–Crippen LogP) is 1.78. The van der Waals surface area contributed by atoms with Gasteiger partial charge in [0.15, 0.2) is 11.7 Å². The van der Waals surface area contributed by atoms with E-state index in [1.807, 2.05) is 7.05 Å². The lowest BCUT2D eigenvalue weighted by atomic mass is 10.3. The number of hydrogen-bond acceptors (Lipinski definition) is 5. The average molecular weight is 479 g/mol. The number of morpholine rings is 1. The third-order valence-corrected chi connectivity index (χ3v) is 4.16. The Bertz CT molecular complexity index is 540. The first kappa shape index (κ1) is 21.4. The van der Waals surface area contributed by atoms with E-state index in [4.69, 9.17) is 4.74 Å². The van der Waals surface area contributed by atoms with Gasteiger partial charge in [0.1, 0.15) is 5.01 Å². The molecule has 24 heavy (non-hydrogen) atoms. The van der Waals surface area contributed by atoms with Crippen LogP contribution >= 0.6 is 35.3 Å². The molecule has 2 N–H and O–H groups in total. The number of thiazole rings is 1. The summed E-state index contributed by atoms with van der Waals surface area (Å²) in [7, 11) is 3.63. The van der Waals surface area contributed by atoms with Gasteiger partial charge in [-0.1, -0.05) is 0 Å². The highest BCUT2D eigenvalue weighted by molar-refractivity contribution is 14.0. The molecule has 1 fully saturated rings. The summed E-state index contributed by atoms with van der Waals surface area (Å²) in [4.78, 5) is 9.79. The predicted molar refractivity (Wildman–Crippen MR) is 98.0 cm³/mol. The van der Waals surface area contributed by atoms with Crippen molar-refractivity contribution in [3.05, 3.63) is 16.1 Å². The van der Waals surface area contributed by atoms with Crippen LogP contribution in [0.15, 0.2) is 10.4 Å². The molecule has 0 bridgehead atoms. The molecule has 2 heterocycles. The van der Waals surface area contributed by atoms with E-state index in [9.17, 15) is 13.2 Å². The van der Waals surface area contributed by atoms with Crippen molar-refractivity contribution in [1.82, 2.24) is 20.5 Å². The number of aromatic nitrogens is 1. The molecule has 1 saturated heterocycles. The number of rotatable bonds is 4. The summed E-state index contributed by atoms with van der Waals surface area (Å²) in [5.74, 6) is 0.505. The maximum absolute atomic E-state index is 12.5. The second-order valence-electron chi connectivity index (χ2n) is 5.19. The lowest BCUT2D eigenvalue weighted by Gasteiger charge is -2.30. The fourth-order valence-electron chi connectivity index (χ4n) is 2.10. The molecule has 0 amide bonds. The Labute approximate surface area is 159 Å². The second-order valence-corrected chi connectivity index (χ2v) is 6.13. The molecule has 0 saturated carbocycles. The summed E-state index contributed by atoms with van der Waals surface area (Å²) in [6.07, 6.45) is -4.34. The molecule has 2 rings (SSSR count). The van der Waals surface area contributed by atoms with Gasteiger partial charge in [0.25, 0.3) is 0 Å². The Kier molecular flexibility index (Phi) is 8.67. The molecular formula is C13H21F3IN5OS. The highest BCUT2D eigenvalue weighted by atomic mass is 127. The van der Waals surface area contributed by atoms with E-state index in [-0.39, 0.29) is 36.6 Å². The van der Waals surface area contributed by atoms with Gasteiger partial charge in [-0.15, -0.1) is 35.3 Å². The Hall–Kier alpha value is -0.660. The van der Waals surface area contributed by atoms with Crippen LogP contribution < -0.4 is 10.6 Å². The molecule has 0 aliphatic carbocycles. The van der Waals surface area contributed by atoms with Crippen molar-refractivity contribution in [2.75, 3.05) is 40.3 Å². The zero-order valence-corrected chi connectivity index (χ0v) is 16.5. The maximum atomic E-state index is 12.5. The van der Waals surface area contributed by atoms with Crippen LogP contribution in [0.25, 0.3) is 0 Å².